The van der Waals surface area contributed by atoms with Gasteiger partial charge in [0.25, 0.3) is 0 Å². The monoisotopic (exact) mass is 357 g/mol. The number of benzene rings is 2. The van der Waals surface area contributed by atoms with E-state index in [9.17, 15) is 9.90 Å². The van der Waals surface area contributed by atoms with Crippen LogP contribution in [0.4, 0.5) is 0 Å². The molecule has 2 aromatic rings. The van der Waals surface area contributed by atoms with Crippen LogP contribution in [0.5, 0.6) is 5.75 Å². The van der Waals surface area contributed by atoms with Crippen molar-refractivity contribution in [1.82, 2.24) is 4.90 Å². The minimum atomic E-state index is -1.93. The van der Waals surface area contributed by atoms with Gasteiger partial charge in [-0.25, -0.2) is 4.79 Å². The minimum absolute atomic E-state index is 0.193. The summed E-state index contributed by atoms with van der Waals surface area (Å²) in [7, 11) is 3.79. The lowest BCUT2D eigenvalue weighted by Crippen LogP contribution is -2.40. The van der Waals surface area contributed by atoms with Crippen molar-refractivity contribution in [2.24, 2.45) is 0 Å². The topological polar surface area (TPSA) is 59.0 Å². The molecule has 0 aliphatic heterocycles. The van der Waals surface area contributed by atoms with Gasteiger partial charge in [-0.3, -0.25) is 0 Å². The predicted octanol–water partition coefficient (Wildman–Crippen LogP) is 2.82. The molecule has 2 aromatic carbocycles. The summed E-state index contributed by atoms with van der Waals surface area (Å²) >= 11 is 0. The number of carbonyl (C=O) groups excluding carboxylic acids is 1. The van der Waals surface area contributed by atoms with Crippen molar-refractivity contribution in [3.63, 3.8) is 0 Å². The summed E-state index contributed by atoms with van der Waals surface area (Å²) in [5.41, 5.74) is -1.10. The Labute approximate surface area is 155 Å². The van der Waals surface area contributed by atoms with Crippen molar-refractivity contribution >= 4 is 5.97 Å². The van der Waals surface area contributed by atoms with Crippen molar-refractivity contribution in [1.29, 1.82) is 0 Å². The van der Waals surface area contributed by atoms with Crippen LogP contribution in [0.25, 0.3) is 0 Å². The molecular formula is C21H27NO4. The van der Waals surface area contributed by atoms with Crippen LogP contribution in [-0.4, -0.2) is 49.8 Å². The number of para-hydroxylation sites is 1. The average molecular weight is 357 g/mol. The Balaban J connectivity index is 2.44. The van der Waals surface area contributed by atoms with Gasteiger partial charge in [0.1, 0.15) is 12.4 Å². The molecule has 5 heteroatoms. The highest BCUT2D eigenvalue weighted by atomic mass is 16.6. The first kappa shape index (κ1) is 19.9. The van der Waals surface area contributed by atoms with E-state index in [1.165, 1.54) is 0 Å². The predicted molar refractivity (Wildman–Crippen MR) is 101 cm³/mol. The number of hydrogen-bond acceptors (Lipinski definition) is 5. The Bertz CT molecular complexity index is 702. The zero-order valence-electron chi connectivity index (χ0n) is 15.6. The quantitative estimate of drug-likeness (QED) is 0.700. The fraction of sp³-hybridized carbons (Fsp3) is 0.381. The van der Waals surface area contributed by atoms with Gasteiger partial charge in [-0.1, -0.05) is 55.5 Å². The lowest BCUT2D eigenvalue weighted by molar-refractivity contribution is -0.162. The average Bonchev–Trinajstić information content (AvgIpc) is 2.66. The summed E-state index contributed by atoms with van der Waals surface area (Å²) in [6.07, 6.45) is 0.825. The molecule has 0 heterocycles. The third-order valence-corrected chi connectivity index (χ3v) is 4.00. The fourth-order valence-corrected chi connectivity index (χ4v) is 2.59. The molecule has 26 heavy (non-hydrogen) atoms. The molecule has 0 bridgehead atoms. The fourth-order valence-electron chi connectivity index (χ4n) is 2.59. The maximum absolute atomic E-state index is 12.9. The zero-order valence-corrected chi connectivity index (χ0v) is 15.6. The number of aliphatic hydroxyl groups is 1. The van der Waals surface area contributed by atoms with Gasteiger partial charge in [0.05, 0.1) is 6.61 Å². The van der Waals surface area contributed by atoms with E-state index in [1.54, 1.807) is 42.5 Å². The Kier molecular flexibility index (Phi) is 7.18. The van der Waals surface area contributed by atoms with Crippen molar-refractivity contribution in [3.05, 3.63) is 65.7 Å². The van der Waals surface area contributed by atoms with Crippen molar-refractivity contribution in [3.8, 4) is 5.75 Å². The van der Waals surface area contributed by atoms with E-state index >= 15 is 0 Å². The number of carbonyl (C=O) groups is 1. The van der Waals surface area contributed by atoms with Gasteiger partial charge < -0.3 is 19.5 Å². The molecule has 0 amide bonds. The van der Waals surface area contributed by atoms with Crippen molar-refractivity contribution in [2.75, 3.05) is 33.9 Å². The van der Waals surface area contributed by atoms with Gasteiger partial charge in [0, 0.05) is 12.1 Å². The van der Waals surface area contributed by atoms with Crippen LogP contribution < -0.4 is 4.74 Å². The summed E-state index contributed by atoms with van der Waals surface area (Å²) in [5.74, 6) is -0.233. The van der Waals surface area contributed by atoms with Gasteiger partial charge in [0.2, 0.25) is 5.60 Å². The standard InChI is InChI=1S/C21H27NO4/c1-4-15-25-19-13-9-8-12-18(19)21(24,17-10-6-5-7-11-17)20(23)26-16-14-22(2)3/h5-13,24H,4,14-16H2,1-3H3. The van der Waals surface area contributed by atoms with E-state index in [1.807, 2.05) is 38.1 Å². The van der Waals surface area contributed by atoms with Crippen LogP contribution in [0, 0.1) is 0 Å². The number of likely N-dealkylation sites (N-methyl/N-ethyl adjacent to an activating group) is 1. The first-order valence-electron chi connectivity index (χ1n) is 8.82. The molecule has 140 valence electrons. The van der Waals surface area contributed by atoms with Crippen LogP contribution in [0.15, 0.2) is 54.6 Å². The summed E-state index contributed by atoms with van der Waals surface area (Å²) < 4.78 is 11.2. The number of esters is 1. The van der Waals surface area contributed by atoms with E-state index in [4.69, 9.17) is 9.47 Å². The summed E-state index contributed by atoms with van der Waals surface area (Å²) in [6.45, 7) is 3.27. The van der Waals surface area contributed by atoms with Crippen LogP contribution in [0.1, 0.15) is 24.5 Å². The minimum Gasteiger partial charge on any atom is -0.493 e. The Hall–Kier alpha value is -2.37. The Morgan fingerprint density at radius 3 is 2.35 bits per heavy atom. The molecule has 0 spiro atoms. The molecule has 0 saturated carbocycles. The summed E-state index contributed by atoms with van der Waals surface area (Å²) in [4.78, 5) is 14.8. The summed E-state index contributed by atoms with van der Waals surface area (Å²) in [5, 5.41) is 11.5. The maximum Gasteiger partial charge on any atom is 0.347 e. The Morgan fingerprint density at radius 1 is 1.04 bits per heavy atom. The first-order chi connectivity index (χ1) is 12.5. The summed E-state index contributed by atoms with van der Waals surface area (Å²) in [6, 6.07) is 15.9. The van der Waals surface area contributed by atoms with E-state index in [0.29, 0.717) is 30.0 Å². The number of rotatable bonds is 9. The second-order valence-corrected chi connectivity index (χ2v) is 6.36. The molecule has 0 aromatic heterocycles. The lowest BCUT2D eigenvalue weighted by atomic mass is 9.85. The Morgan fingerprint density at radius 2 is 1.69 bits per heavy atom. The van der Waals surface area contributed by atoms with Crippen molar-refractivity contribution < 1.29 is 19.4 Å². The van der Waals surface area contributed by atoms with Gasteiger partial charge in [0.15, 0.2) is 0 Å². The van der Waals surface area contributed by atoms with E-state index in [2.05, 4.69) is 0 Å². The van der Waals surface area contributed by atoms with Gasteiger partial charge in [-0.2, -0.15) is 0 Å². The smallest absolute Gasteiger partial charge is 0.347 e. The zero-order chi connectivity index (χ0) is 19.0. The second kappa shape index (κ2) is 9.36. The number of ether oxygens (including phenoxy) is 2. The molecule has 0 radical (unpaired) electrons. The van der Waals surface area contributed by atoms with E-state index < -0.39 is 11.6 Å². The molecule has 0 saturated heterocycles. The van der Waals surface area contributed by atoms with Crippen LogP contribution in [0.2, 0.25) is 0 Å². The number of hydrogen-bond donors (Lipinski definition) is 1. The van der Waals surface area contributed by atoms with Crippen LogP contribution >= 0.6 is 0 Å². The molecule has 0 fully saturated rings. The molecule has 0 aliphatic rings. The molecule has 0 aliphatic carbocycles. The molecular weight excluding hydrogens is 330 g/mol. The highest BCUT2D eigenvalue weighted by Gasteiger charge is 2.43. The van der Waals surface area contributed by atoms with Crippen molar-refractivity contribution in [2.45, 2.75) is 18.9 Å². The normalized spacial score (nSPS) is 13.3. The van der Waals surface area contributed by atoms with Gasteiger partial charge >= 0.3 is 5.97 Å². The van der Waals surface area contributed by atoms with Gasteiger partial charge in [-0.05, 0) is 32.1 Å². The third-order valence-electron chi connectivity index (χ3n) is 4.00. The number of nitrogens with zero attached hydrogens (tertiary/aromatic N) is 1. The van der Waals surface area contributed by atoms with Crippen LogP contribution in [0.3, 0.4) is 0 Å². The molecule has 2 rings (SSSR count). The van der Waals surface area contributed by atoms with Gasteiger partial charge in [-0.15, -0.1) is 0 Å². The highest BCUT2D eigenvalue weighted by Crippen LogP contribution is 2.37. The third kappa shape index (κ3) is 4.62. The SMILES string of the molecule is CCCOc1ccccc1C(O)(C(=O)OCCN(C)C)c1ccccc1. The van der Waals surface area contributed by atoms with E-state index in [0.717, 1.165) is 6.42 Å². The lowest BCUT2D eigenvalue weighted by Gasteiger charge is -2.29. The maximum atomic E-state index is 12.9. The van der Waals surface area contributed by atoms with E-state index in [-0.39, 0.29) is 6.61 Å². The first-order valence-corrected chi connectivity index (χ1v) is 8.82. The molecule has 1 unspecified atom stereocenters. The molecule has 1 atom stereocenters. The molecule has 1 N–H and O–H groups in total. The highest BCUT2D eigenvalue weighted by molar-refractivity contribution is 5.86. The second-order valence-electron chi connectivity index (χ2n) is 6.36. The van der Waals surface area contributed by atoms with Crippen LogP contribution in [-0.2, 0) is 15.1 Å². The largest absolute Gasteiger partial charge is 0.493 e. The molecule has 5 nitrogen and oxygen atoms in total.